The first kappa shape index (κ1) is 24.6. The summed E-state index contributed by atoms with van der Waals surface area (Å²) in [5, 5.41) is 11.8. The summed E-state index contributed by atoms with van der Waals surface area (Å²) in [6.45, 7) is 6.11. The second-order valence-corrected chi connectivity index (χ2v) is 9.95. The van der Waals surface area contributed by atoms with Gasteiger partial charge in [-0.3, -0.25) is 4.79 Å². The van der Waals surface area contributed by atoms with Crippen molar-refractivity contribution in [3.63, 3.8) is 0 Å². The molecule has 3 aromatic carbocycles. The number of amides is 1. The summed E-state index contributed by atoms with van der Waals surface area (Å²) >= 11 is 1.59. The summed E-state index contributed by atoms with van der Waals surface area (Å²) in [7, 11) is 1.59. The van der Waals surface area contributed by atoms with Gasteiger partial charge in [-0.1, -0.05) is 78.0 Å². The largest absolute Gasteiger partial charge is 0.495 e. The van der Waals surface area contributed by atoms with Gasteiger partial charge in [0.25, 0.3) is 5.91 Å². The molecule has 1 amide bonds. The zero-order valence-electron chi connectivity index (χ0n) is 21.3. The Balaban J connectivity index is 1.48. The van der Waals surface area contributed by atoms with Crippen molar-refractivity contribution in [3.05, 3.63) is 106 Å². The minimum atomic E-state index is -0.435. The third-order valence-corrected chi connectivity index (χ3v) is 7.30. The number of nitrogens with one attached hydrogen (secondary N) is 2. The Labute approximate surface area is 221 Å². The van der Waals surface area contributed by atoms with Crippen LogP contribution in [0.3, 0.4) is 0 Å². The number of benzene rings is 3. The van der Waals surface area contributed by atoms with Crippen LogP contribution < -0.4 is 15.4 Å². The number of hydrogen-bond acceptors (Lipinski definition) is 6. The number of ether oxygens (including phenoxy) is 1. The van der Waals surface area contributed by atoms with E-state index in [4.69, 9.17) is 14.8 Å². The van der Waals surface area contributed by atoms with Crippen LogP contribution in [0.5, 0.6) is 5.75 Å². The van der Waals surface area contributed by atoms with Crippen LogP contribution in [0.25, 0.3) is 0 Å². The van der Waals surface area contributed by atoms with Crippen LogP contribution in [0.15, 0.2) is 89.2 Å². The van der Waals surface area contributed by atoms with Crippen LogP contribution in [0.1, 0.15) is 35.2 Å². The molecule has 0 unspecified atom stereocenters. The maximum atomic E-state index is 13.7. The first-order chi connectivity index (χ1) is 17.9. The van der Waals surface area contributed by atoms with Crippen molar-refractivity contribution in [2.75, 3.05) is 17.7 Å². The van der Waals surface area contributed by atoms with Crippen LogP contribution in [0.4, 0.5) is 11.6 Å². The molecule has 8 heteroatoms. The van der Waals surface area contributed by atoms with Crippen LogP contribution in [-0.2, 0) is 10.5 Å². The van der Waals surface area contributed by atoms with Crippen molar-refractivity contribution in [2.24, 2.45) is 0 Å². The molecule has 5 rings (SSSR count). The average molecular weight is 512 g/mol. The molecule has 7 nitrogen and oxygen atoms in total. The van der Waals surface area contributed by atoms with Gasteiger partial charge in [-0.2, -0.15) is 4.98 Å². The smallest absolute Gasteiger partial charge is 0.255 e. The Hall–Kier alpha value is -4.04. The normalized spacial score (nSPS) is 14.6. The molecule has 0 bridgehead atoms. The molecule has 0 spiro atoms. The number of para-hydroxylation sites is 2. The maximum absolute atomic E-state index is 13.7. The minimum absolute atomic E-state index is 0.228. The number of aryl methyl sites for hydroxylation is 2. The molecule has 0 saturated carbocycles. The van der Waals surface area contributed by atoms with Gasteiger partial charge in [0, 0.05) is 11.4 Å². The number of rotatable bonds is 7. The number of nitrogens with zero attached hydrogens (tertiary/aromatic N) is 3. The third kappa shape index (κ3) is 5.11. The molecule has 2 N–H and O–H groups in total. The van der Waals surface area contributed by atoms with E-state index in [1.54, 1.807) is 18.9 Å². The zero-order chi connectivity index (χ0) is 25.9. The molecular formula is C29H29N5O2S. The number of thioether (sulfide) groups is 1. The topological polar surface area (TPSA) is 81.1 Å². The highest BCUT2D eigenvalue weighted by Crippen LogP contribution is 2.37. The van der Waals surface area contributed by atoms with Gasteiger partial charge in [-0.25, -0.2) is 4.68 Å². The molecule has 0 saturated heterocycles. The fraction of sp³-hybridized carbons (Fsp3) is 0.207. The number of carbonyl (C=O) groups is 1. The van der Waals surface area contributed by atoms with E-state index in [2.05, 4.69) is 42.7 Å². The molecule has 1 aliphatic heterocycles. The number of anilines is 2. The van der Waals surface area contributed by atoms with Gasteiger partial charge in [-0.15, -0.1) is 5.10 Å². The average Bonchev–Trinajstić information content (AvgIpc) is 3.31. The predicted molar refractivity (Wildman–Crippen MR) is 148 cm³/mol. The number of aromatic nitrogens is 3. The Morgan fingerprint density at radius 1 is 1.05 bits per heavy atom. The molecule has 2 heterocycles. The molecule has 188 valence electrons. The van der Waals surface area contributed by atoms with Gasteiger partial charge in [-0.05, 0) is 49.6 Å². The quantitative estimate of drug-likeness (QED) is 0.291. The lowest BCUT2D eigenvalue weighted by atomic mass is 9.95. The molecule has 1 aromatic heterocycles. The van der Waals surface area contributed by atoms with Crippen LogP contribution in [0.2, 0.25) is 0 Å². The SMILES string of the molecule is COc1ccccc1NC(=O)C1=C(C)Nc2nc(SCc3cc(C)ccc3C)nn2[C@@H]1c1ccccc1. The maximum Gasteiger partial charge on any atom is 0.255 e. The summed E-state index contributed by atoms with van der Waals surface area (Å²) < 4.78 is 7.24. The lowest BCUT2D eigenvalue weighted by Crippen LogP contribution is -2.31. The molecular weight excluding hydrogens is 482 g/mol. The van der Waals surface area contributed by atoms with Gasteiger partial charge < -0.3 is 15.4 Å². The van der Waals surface area contributed by atoms with Crippen molar-refractivity contribution < 1.29 is 9.53 Å². The molecule has 1 aliphatic rings. The van der Waals surface area contributed by atoms with Gasteiger partial charge in [0.05, 0.1) is 18.4 Å². The zero-order valence-corrected chi connectivity index (χ0v) is 22.1. The second kappa shape index (κ2) is 10.5. The van der Waals surface area contributed by atoms with Crippen molar-refractivity contribution in [1.29, 1.82) is 0 Å². The highest BCUT2D eigenvalue weighted by Gasteiger charge is 2.34. The van der Waals surface area contributed by atoms with E-state index in [1.165, 1.54) is 16.7 Å². The summed E-state index contributed by atoms with van der Waals surface area (Å²) in [4.78, 5) is 18.5. The van der Waals surface area contributed by atoms with E-state index in [-0.39, 0.29) is 5.91 Å². The van der Waals surface area contributed by atoms with Crippen molar-refractivity contribution in [2.45, 2.75) is 37.7 Å². The first-order valence-corrected chi connectivity index (χ1v) is 13.1. The number of allylic oxidation sites excluding steroid dienone is 1. The fourth-order valence-corrected chi connectivity index (χ4v) is 5.36. The molecule has 0 aliphatic carbocycles. The van der Waals surface area contributed by atoms with Gasteiger partial charge in [0.1, 0.15) is 11.8 Å². The van der Waals surface area contributed by atoms with Gasteiger partial charge >= 0.3 is 0 Å². The molecule has 4 aromatic rings. The second-order valence-electron chi connectivity index (χ2n) is 9.01. The Morgan fingerprint density at radius 2 is 1.81 bits per heavy atom. The van der Waals surface area contributed by atoms with E-state index in [0.717, 1.165) is 17.0 Å². The fourth-order valence-electron chi connectivity index (χ4n) is 4.47. The molecule has 0 radical (unpaired) electrons. The molecule has 0 fully saturated rings. The van der Waals surface area contributed by atoms with E-state index >= 15 is 0 Å². The number of carbonyl (C=O) groups excluding carboxylic acids is 1. The number of fused-ring (bicyclic) bond motifs is 1. The Bertz CT molecular complexity index is 1480. The Kier molecular flexibility index (Phi) is 7.01. The minimum Gasteiger partial charge on any atom is -0.495 e. The highest BCUT2D eigenvalue weighted by molar-refractivity contribution is 7.98. The van der Waals surface area contributed by atoms with Crippen LogP contribution >= 0.6 is 11.8 Å². The lowest BCUT2D eigenvalue weighted by molar-refractivity contribution is -0.113. The van der Waals surface area contributed by atoms with E-state index in [0.29, 0.717) is 28.1 Å². The highest BCUT2D eigenvalue weighted by atomic mass is 32.2. The molecule has 37 heavy (non-hydrogen) atoms. The summed E-state index contributed by atoms with van der Waals surface area (Å²) in [6, 6.07) is 23.3. The third-order valence-electron chi connectivity index (χ3n) is 6.41. The summed E-state index contributed by atoms with van der Waals surface area (Å²) in [5.74, 6) is 1.75. The lowest BCUT2D eigenvalue weighted by Gasteiger charge is -2.28. The van der Waals surface area contributed by atoms with Crippen LogP contribution in [0, 0.1) is 13.8 Å². The van der Waals surface area contributed by atoms with Crippen molar-refractivity contribution in [3.8, 4) is 5.75 Å². The standard InChI is InChI=1S/C29H29N5O2S/c1-18-14-15-19(2)22(16-18)17-37-29-32-28-30-20(3)25(26(34(28)33-29)21-10-6-5-7-11-21)27(35)31-23-12-8-9-13-24(23)36-4/h5-16,26H,17H2,1-4H3,(H,31,35)(H,30,32,33)/t26-/m1/s1. The first-order valence-electron chi connectivity index (χ1n) is 12.1. The number of hydrogen-bond donors (Lipinski definition) is 2. The van der Waals surface area contributed by atoms with E-state index < -0.39 is 6.04 Å². The van der Waals surface area contributed by atoms with Gasteiger partial charge in [0.2, 0.25) is 11.1 Å². The van der Waals surface area contributed by atoms with Crippen molar-refractivity contribution >= 4 is 29.3 Å². The monoisotopic (exact) mass is 511 g/mol. The summed E-state index contributed by atoms with van der Waals surface area (Å²) in [6.07, 6.45) is 0. The van der Waals surface area contributed by atoms with Crippen molar-refractivity contribution in [1.82, 2.24) is 14.8 Å². The predicted octanol–water partition coefficient (Wildman–Crippen LogP) is 6.12. The van der Waals surface area contributed by atoms with Crippen LogP contribution in [-0.4, -0.2) is 27.8 Å². The van der Waals surface area contributed by atoms with E-state index in [9.17, 15) is 4.79 Å². The van der Waals surface area contributed by atoms with E-state index in [1.807, 2.05) is 66.2 Å². The van der Waals surface area contributed by atoms with Gasteiger partial charge in [0.15, 0.2) is 0 Å². The molecule has 1 atom stereocenters. The number of methoxy groups -OCH3 is 1. The Morgan fingerprint density at radius 3 is 2.59 bits per heavy atom. The summed E-state index contributed by atoms with van der Waals surface area (Å²) in [5.41, 5.74) is 6.59.